The second-order valence-electron chi connectivity index (χ2n) is 2.43. The van der Waals surface area contributed by atoms with Crippen LogP contribution in [0.25, 0.3) is 0 Å². The second-order valence-corrected chi connectivity index (χ2v) is 2.43. The highest BCUT2D eigenvalue weighted by atomic mass is 15.3. The molecule has 0 atom stereocenters. The Morgan fingerprint density at radius 2 is 2.40 bits per heavy atom. The van der Waals surface area contributed by atoms with Gasteiger partial charge in [0.25, 0.3) is 0 Å². The van der Waals surface area contributed by atoms with E-state index in [2.05, 4.69) is 16.5 Å². The van der Waals surface area contributed by atoms with Crippen molar-refractivity contribution in [2.45, 2.75) is 13.5 Å². The summed E-state index contributed by atoms with van der Waals surface area (Å²) in [5.41, 5.74) is 2.30. The second kappa shape index (κ2) is 2.84. The lowest BCUT2D eigenvalue weighted by Gasteiger charge is -1.90. The van der Waals surface area contributed by atoms with E-state index in [9.17, 15) is 0 Å². The zero-order valence-corrected chi connectivity index (χ0v) is 6.68. The summed E-state index contributed by atoms with van der Waals surface area (Å²) in [6.45, 7) is 2.90. The summed E-state index contributed by atoms with van der Waals surface area (Å²) >= 11 is 0. The Morgan fingerprint density at radius 3 is 2.80 bits per heavy atom. The fraction of sp³-hybridized carbons (Fsp3) is 0.571. The van der Waals surface area contributed by atoms with Crippen LogP contribution in [0.2, 0.25) is 0 Å². The number of aryl methyl sites for hydroxylation is 2. The van der Waals surface area contributed by atoms with Gasteiger partial charge in [0.2, 0.25) is 0 Å². The van der Waals surface area contributed by atoms with Gasteiger partial charge in [-0.1, -0.05) is 0 Å². The lowest BCUT2D eigenvalue weighted by atomic mass is 10.4. The first kappa shape index (κ1) is 7.28. The minimum Gasteiger partial charge on any atom is -0.314 e. The summed E-state index contributed by atoms with van der Waals surface area (Å²) in [7, 11) is 3.87. The summed E-state index contributed by atoms with van der Waals surface area (Å²) in [5, 5.41) is 7.30. The normalized spacial score (nSPS) is 10.3. The van der Waals surface area contributed by atoms with Crippen molar-refractivity contribution in [1.82, 2.24) is 15.1 Å². The monoisotopic (exact) mass is 139 g/mol. The molecule has 0 saturated carbocycles. The molecule has 1 aromatic rings. The van der Waals surface area contributed by atoms with Crippen LogP contribution >= 0.6 is 0 Å². The molecule has 1 rings (SSSR count). The smallest absolute Gasteiger partial charge is 0.0765 e. The Balaban J connectivity index is 2.77. The molecule has 0 aliphatic rings. The van der Waals surface area contributed by atoms with Gasteiger partial charge in [-0.15, -0.1) is 0 Å². The molecular formula is C7H13N3. The van der Waals surface area contributed by atoms with Crippen molar-refractivity contribution in [1.29, 1.82) is 0 Å². The summed E-state index contributed by atoms with van der Waals surface area (Å²) in [6.07, 6.45) is 0. The molecule has 3 heteroatoms. The first-order chi connectivity index (χ1) is 4.74. The third-order valence-electron chi connectivity index (χ3n) is 1.52. The van der Waals surface area contributed by atoms with E-state index in [0.717, 1.165) is 12.2 Å². The van der Waals surface area contributed by atoms with Crippen LogP contribution in [0.3, 0.4) is 0 Å². The maximum absolute atomic E-state index is 4.25. The van der Waals surface area contributed by atoms with E-state index >= 15 is 0 Å². The minimum atomic E-state index is 0.849. The average molecular weight is 139 g/mol. The molecule has 0 fully saturated rings. The van der Waals surface area contributed by atoms with E-state index < -0.39 is 0 Å². The minimum absolute atomic E-state index is 0.849. The predicted octanol–water partition coefficient (Wildman–Crippen LogP) is 0.448. The van der Waals surface area contributed by atoms with Crippen LogP contribution < -0.4 is 5.32 Å². The summed E-state index contributed by atoms with van der Waals surface area (Å²) in [4.78, 5) is 0. The van der Waals surface area contributed by atoms with E-state index in [1.54, 1.807) is 0 Å². The Hall–Kier alpha value is -0.830. The number of aromatic nitrogens is 2. The molecule has 0 radical (unpaired) electrons. The average Bonchev–Trinajstić information content (AvgIpc) is 2.14. The topological polar surface area (TPSA) is 29.9 Å². The van der Waals surface area contributed by atoms with Gasteiger partial charge in [0, 0.05) is 19.3 Å². The largest absolute Gasteiger partial charge is 0.314 e. The van der Waals surface area contributed by atoms with Crippen molar-refractivity contribution >= 4 is 0 Å². The van der Waals surface area contributed by atoms with Crippen LogP contribution in [0.15, 0.2) is 6.07 Å². The van der Waals surface area contributed by atoms with Crippen molar-refractivity contribution in [3.8, 4) is 0 Å². The van der Waals surface area contributed by atoms with Gasteiger partial charge < -0.3 is 5.32 Å². The van der Waals surface area contributed by atoms with Crippen LogP contribution in [-0.4, -0.2) is 16.8 Å². The zero-order valence-electron chi connectivity index (χ0n) is 6.68. The maximum atomic E-state index is 4.25. The fourth-order valence-electron chi connectivity index (χ4n) is 0.902. The highest BCUT2D eigenvalue weighted by Crippen LogP contribution is 1.99. The molecule has 0 amide bonds. The molecule has 56 valence electrons. The van der Waals surface area contributed by atoms with E-state index in [1.165, 1.54) is 5.69 Å². The number of hydrogen-bond donors (Lipinski definition) is 1. The van der Waals surface area contributed by atoms with Gasteiger partial charge in [0.1, 0.15) is 0 Å². The van der Waals surface area contributed by atoms with Crippen molar-refractivity contribution in [2.75, 3.05) is 7.05 Å². The molecule has 0 unspecified atom stereocenters. The number of rotatable bonds is 2. The van der Waals surface area contributed by atoms with Crippen LogP contribution in [0.1, 0.15) is 11.4 Å². The molecule has 1 N–H and O–H groups in total. The van der Waals surface area contributed by atoms with Gasteiger partial charge in [-0.2, -0.15) is 5.10 Å². The van der Waals surface area contributed by atoms with Crippen molar-refractivity contribution in [2.24, 2.45) is 7.05 Å². The highest BCUT2D eigenvalue weighted by molar-refractivity contribution is 5.07. The Bertz CT molecular complexity index is 195. The first-order valence-electron chi connectivity index (χ1n) is 3.38. The molecule has 0 aliphatic heterocycles. The first-order valence-corrected chi connectivity index (χ1v) is 3.38. The Labute approximate surface area is 61.0 Å². The molecule has 0 bridgehead atoms. The van der Waals surface area contributed by atoms with Gasteiger partial charge >= 0.3 is 0 Å². The van der Waals surface area contributed by atoms with Crippen LogP contribution in [0, 0.1) is 6.92 Å². The number of nitrogens with one attached hydrogen (secondary N) is 1. The van der Waals surface area contributed by atoms with Crippen LogP contribution in [-0.2, 0) is 13.6 Å². The predicted molar refractivity (Wildman–Crippen MR) is 40.7 cm³/mol. The Kier molecular flexibility index (Phi) is 2.06. The van der Waals surface area contributed by atoms with Crippen LogP contribution in [0.5, 0.6) is 0 Å². The third-order valence-corrected chi connectivity index (χ3v) is 1.52. The van der Waals surface area contributed by atoms with Gasteiger partial charge in [0.15, 0.2) is 0 Å². The summed E-state index contributed by atoms with van der Waals surface area (Å²) in [5.74, 6) is 0. The lowest BCUT2D eigenvalue weighted by molar-refractivity contribution is 0.698. The van der Waals surface area contributed by atoms with Crippen molar-refractivity contribution < 1.29 is 0 Å². The quantitative estimate of drug-likeness (QED) is 0.644. The van der Waals surface area contributed by atoms with Gasteiger partial charge in [-0.05, 0) is 20.0 Å². The third kappa shape index (κ3) is 1.36. The van der Waals surface area contributed by atoms with Gasteiger partial charge in [-0.3, -0.25) is 4.68 Å². The molecule has 1 heterocycles. The van der Waals surface area contributed by atoms with Gasteiger partial charge in [0.05, 0.1) is 5.69 Å². The number of nitrogens with zero attached hydrogens (tertiary/aromatic N) is 2. The van der Waals surface area contributed by atoms with Crippen LogP contribution in [0.4, 0.5) is 0 Å². The van der Waals surface area contributed by atoms with E-state index in [0.29, 0.717) is 0 Å². The molecule has 0 spiro atoms. The van der Waals surface area contributed by atoms with E-state index in [-0.39, 0.29) is 0 Å². The zero-order chi connectivity index (χ0) is 7.56. The molecular weight excluding hydrogens is 126 g/mol. The van der Waals surface area contributed by atoms with E-state index in [4.69, 9.17) is 0 Å². The highest BCUT2D eigenvalue weighted by Gasteiger charge is 1.97. The molecule has 0 aliphatic carbocycles. The van der Waals surface area contributed by atoms with E-state index in [1.807, 2.05) is 25.7 Å². The SMILES string of the molecule is CNCc1cc(C)n(C)n1. The molecule has 10 heavy (non-hydrogen) atoms. The fourth-order valence-corrected chi connectivity index (χ4v) is 0.902. The summed E-state index contributed by atoms with van der Waals surface area (Å²) < 4.78 is 1.88. The molecule has 0 aromatic carbocycles. The molecule has 0 saturated heterocycles. The molecule has 3 nitrogen and oxygen atoms in total. The lowest BCUT2D eigenvalue weighted by Crippen LogP contribution is -2.05. The van der Waals surface area contributed by atoms with Crippen molar-refractivity contribution in [3.63, 3.8) is 0 Å². The van der Waals surface area contributed by atoms with Gasteiger partial charge in [-0.25, -0.2) is 0 Å². The number of hydrogen-bond acceptors (Lipinski definition) is 2. The Morgan fingerprint density at radius 1 is 1.70 bits per heavy atom. The molecule has 1 aromatic heterocycles. The standard InChI is InChI=1S/C7H13N3/c1-6-4-7(5-8-2)9-10(6)3/h4,8H,5H2,1-3H3. The summed E-state index contributed by atoms with van der Waals surface area (Å²) in [6, 6.07) is 2.08. The van der Waals surface area contributed by atoms with Crippen molar-refractivity contribution in [3.05, 3.63) is 17.5 Å². The maximum Gasteiger partial charge on any atom is 0.0765 e.